The number of hydrogen-bond donors (Lipinski definition) is 0. The summed E-state index contributed by atoms with van der Waals surface area (Å²) < 4.78 is 2.65. The topological polar surface area (TPSA) is 6.25 Å². The lowest BCUT2D eigenvalue weighted by Crippen LogP contribution is -2.49. The number of hydrogen-bond acceptors (Lipinski definition) is 1. The van der Waals surface area contributed by atoms with Gasteiger partial charge in [-0.15, -0.1) is 0 Å². The second-order valence-corrected chi connectivity index (χ2v) is 10.7. The third kappa shape index (κ3) is 3.70. The fourth-order valence-electron chi connectivity index (χ4n) is 6.60. The molecule has 0 bridgehead atoms. The Morgan fingerprint density at radius 2 is 1.26 bits per heavy atom. The quantitative estimate of drug-likeness (QED) is 0.290. The zero-order valence-electron chi connectivity index (χ0n) is 20.5. The molecule has 1 spiro atoms. The van der Waals surface area contributed by atoms with Gasteiger partial charge in [0.05, 0.1) is 13.1 Å². The molecule has 4 aromatic rings. The largest absolute Gasteiger partial charge is 0.261 e. The Hall–Kier alpha value is -3.13. The molecular formula is C32H35N2+. The van der Waals surface area contributed by atoms with Crippen molar-refractivity contribution in [2.75, 3.05) is 13.1 Å². The van der Waals surface area contributed by atoms with Crippen molar-refractivity contribution >= 4 is 27.9 Å². The minimum Gasteiger partial charge on any atom is -0.261 e. The first kappa shape index (κ1) is 21.4. The van der Waals surface area contributed by atoms with E-state index in [0.717, 1.165) is 13.1 Å². The SMILES string of the molecule is C[C@@H](c1cccc2ccccc12)N1C=[N+]([C@@H](C)c2cccc3ccccc23)CC2(CCCC2)C1. The smallest absolute Gasteiger partial charge is 0.235 e. The van der Waals surface area contributed by atoms with E-state index in [4.69, 9.17) is 0 Å². The van der Waals surface area contributed by atoms with Crippen LogP contribution < -0.4 is 0 Å². The van der Waals surface area contributed by atoms with Gasteiger partial charge >= 0.3 is 0 Å². The molecule has 0 N–H and O–H groups in total. The average Bonchev–Trinajstić information content (AvgIpc) is 3.33. The predicted octanol–water partition coefficient (Wildman–Crippen LogP) is 7.73. The molecule has 172 valence electrons. The fourth-order valence-corrected chi connectivity index (χ4v) is 6.60. The van der Waals surface area contributed by atoms with Crippen LogP contribution in [0.5, 0.6) is 0 Å². The maximum absolute atomic E-state index is 2.65. The average molecular weight is 448 g/mol. The van der Waals surface area contributed by atoms with E-state index in [1.54, 1.807) is 0 Å². The summed E-state index contributed by atoms with van der Waals surface area (Å²) in [7, 11) is 0. The van der Waals surface area contributed by atoms with E-state index in [1.807, 2.05) is 0 Å². The van der Waals surface area contributed by atoms with E-state index < -0.39 is 0 Å². The molecule has 0 radical (unpaired) electrons. The van der Waals surface area contributed by atoms with E-state index in [2.05, 4.69) is 115 Å². The summed E-state index contributed by atoms with van der Waals surface area (Å²) >= 11 is 0. The molecule has 6 rings (SSSR count). The van der Waals surface area contributed by atoms with Crippen LogP contribution in [-0.2, 0) is 0 Å². The summed E-state index contributed by atoms with van der Waals surface area (Å²) in [5, 5.41) is 5.43. The molecule has 34 heavy (non-hydrogen) atoms. The van der Waals surface area contributed by atoms with Crippen LogP contribution in [0.3, 0.4) is 0 Å². The van der Waals surface area contributed by atoms with Crippen LogP contribution in [0.25, 0.3) is 21.5 Å². The van der Waals surface area contributed by atoms with Gasteiger partial charge in [0, 0.05) is 16.5 Å². The molecule has 0 aromatic heterocycles. The summed E-state index contributed by atoms with van der Waals surface area (Å²) in [4.78, 5) is 2.65. The normalized spacial score (nSPS) is 19.5. The zero-order chi connectivity index (χ0) is 23.1. The van der Waals surface area contributed by atoms with Crippen molar-refractivity contribution in [3.8, 4) is 0 Å². The number of rotatable bonds is 4. The zero-order valence-corrected chi connectivity index (χ0v) is 20.5. The minimum absolute atomic E-state index is 0.339. The highest BCUT2D eigenvalue weighted by molar-refractivity contribution is 5.87. The molecule has 0 unspecified atom stereocenters. The first-order chi connectivity index (χ1) is 16.6. The molecule has 4 aromatic carbocycles. The van der Waals surface area contributed by atoms with Crippen molar-refractivity contribution in [2.45, 2.75) is 51.6 Å². The predicted molar refractivity (Wildman–Crippen MR) is 144 cm³/mol. The molecule has 2 atom stereocenters. The highest BCUT2D eigenvalue weighted by atomic mass is 15.3. The Kier molecular flexibility index (Phi) is 5.40. The number of nitrogens with zero attached hydrogens (tertiary/aromatic N) is 2. The molecule has 1 aliphatic heterocycles. The lowest BCUT2D eigenvalue weighted by molar-refractivity contribution is -0.588. The standard InChI is InChI=1S/C32H35N2/c1-24(28-17-9-13-26-11-3-5-15-30(26)28)33-21-32(19-7-8-20-32)22-34(23-33)25(2)29-18-10-14-27-12-4-6-16-31(27)29/h3-6,9-18,23-25H,7-8,19-22H2,1-2H3/q+1/t24-,25-/m0/s1. The Bertz CT molecular complexity index is 1350. The summed E-state index contributed by atoms with van der Waals surface area (Å²) in [6.07, 6.45) is 7.89. The molecule has 2 nitrogen and oxygen atoms in total. The first-order valence-electron chi connectivity index (χ1n) is 13.0. The highest BCUT2D eigenvalue weighted by Gasteiger charge is 2.45. The van der Waals surface area contributed by atoms with Gasteiger partial charge < -0.3 is 0 Å². The van der Waals surface area contributed by atoms with E-state index in [-0.39, 0.29) is 0 Å². The summed E-state index contributed by atoms with van der Waals surface area (Å²) in [5.41, 5.74) is 3.26. The van der Waals surface area contributed by atoms with E-state index in [9.17, 15) is 0 Å². The molecule has 1 heterocycles. The fraction of sp³-hybridized carbons (Fsp3) is 0.344. The van der Waals surface area contributed by atoms with Gasteiger partial charge in [0.15, 0.2) is 0 Å². The maximum atomic E-state index is 2.65. The van der Waals surface area contributed by atoms with Crippen LogP contribution in [-0.4, -0.2) is 28.9 Å². The Morgan fingerprint density at radius 1 is 0.706 bits per heavy atom. The third-order valence-electron chi connectivity index (χ3n) is 8.54. The van der Waals surface area contributed by atoms with Gasteiger partial charge in [0.1, 0.15) is 12.1 Å². The van der Waals surface area contributed by atoms with Crippen molar-refractivity contribution in [1.29, 1.82) is 0 Å². The van der Waals surface area contributed by atoms with Crippen molar-refractivity contribution in [3.63, 3.8) is 0 Å². The second-order valence-electron chi connectivity index (χ2n) is 10.7. The van der Waals surface area contributed by atoms with Crippen LogP contribution in [0.15, 0.2) is 84.9 Å². The summed E-state index contributed by atoms with van der Waals surface area (Å²) in [6.45, 7) is 7.12. The van der Waals surface area contributed by atoms with Gasteiger partial charge in [0.2, 0.25) is 6.34 Å². The van der Waals surface area contributed by atoms with Gasteiger partial charge in [-0.05, 0) is 48.2 Å². The monoisotopic (exact) mass is 447 g/mol. The van der Waals surface area contributed by atoms with Gasteiger partial charge in [-0.2, -0.15) is 0 Å². The van der Waals surface area contributed by atoms with E-state index in [1.165, 1.54) is 58.4 Å². The van der Waals surface area contributed by atoms with Crippen molar-refractivity contribution in [1.82, 2.24) is 4.90 Å². The van der Waals surface area contributed by atoms with Gasteiger partial charge in [0.25, 0.3) is 0 Å². The van der Waals surface area contributed by atoms with Crippen molar-refractivity contribution < 1.29 is 4.58 Å². The van der Waals surface area contributed by atoms with Crippen LogP contribution >= 0.6 is 0 Å². The van der Waals surface area contributed by atoms with Crippen LogP contribution in [0, 0.1) is 5.41 Å². The molecular weight excluding hydrogens is 412 g/mol. The highest BCUT2D eigenvalue weighted by Crippen LogP contribution is 2.43. The van der Waals surface area contributed by atoms with Gasteiger partial charge in [-0.25, -0.2) is 0 Å². The number of benzene rings is 4. The Morgan fingerprint density at radius 3 is 1.94 bits per heavy atom. The maximum Gasteiger partial charge on any atom is 0.235 e. The van der Waals surface area contributed by atoms with E-state index in [0.29, 0.717) is 17.5 Å². The Balaban J connectivity index is 1.42. The lowest BCUT2D eigenvalue weighted by Gasteiger charge is -2.39. The van der Waals surface area contributed by atoms with Crippen LogP contribution in [0.1, 0.15) is 62.7 Å². The minimum atomic E-state index is 0.339. The van der Waals surface area contributed by atoms with Crippen LogP contribution in [0.2, 0.25) is 0 Å². The van der Waals surface area contributed by atoms with E-state index >= 15 is 0 Å². The molecule has 1 saturated carbocycles. The summed E-state index contributed by atoms with van der Waals surface area (Å²) in [5.74, 6) is 0. The molecule has 1 fully saturated rings. The van der Waals surface area contributed by atoms with Gasteiger partial charge in [-0.3, -0.25) is 9.48 Å². The molecule has 0 amide bonds. The van der Waals surface area contributed by atoms with Crippen molar-refractivity contribution in [2.24, 2.45) is 5.41 Å². The summed E-state index contributed by atoms with van der Waals surface area (Å²) in [6, 6.07) is 31.9. The third-order valence-corrected chi connectivity index (χ3v) is 8.54. The van der Waals surface area contributed by atoms with Gasteiger partial charge in [-0.1, -0.05) is 97.8 Å². The molecule has 1 aliphatic carbocycles. The molecule has 0 saturated heterocycles. The first-order valence-corrected chi connectivity index (χ1v) is 13.0. The molecule has 2 aliphatic rings. The second kappa shape index (κ2) is 8.58. The lowest BCUT2D eigenvalue weighted by atomic mass is 9.82. The van der Waals surface area contributed by atoms with Crippen LogP contribution in [0.4, 0.5) is 0 Å². The number of fused-ring (bicyclic) bond motifs is 2. The molecule has 2 heteroatoms. The van der Waals surface area contributed by atoms with Crippen molar-refractivity contribution in [3.05, 3.63) is 96.1 Å². The Labute approximate surface area is 203 Å².